The first kappa shape index (κ1) is 26.3. The monoisotopic (exact) mass is 504 g/mol. The van der Waals surface area contributed by atoms with E-state index in [9.17, 15) is 23.1 Å². The number of ether oxygens (including phenoxy) is 1. The van der Waals surface area contributed by atoms with Crippen LogP contribution in [0.4, 0.5) is 18.0 Å². The first-order valence-corrected chi connectivity index (χ1v) is 12.6. The third-order valence-electron chi connectivity index (χ3n) is 7.16. The average molecular weight is 505 g/mol. The maximum Gasteiger partial charge on any atom is 0.416 e. The second-order valence-corrected chi connectivity index (χ2v) is 11.0. The Morgan fingerprint density at radius 1 is 1.06 bits per heavy atom. The molecule has 0 aromatic heterocycles. The second kappa shape index (κ2) is 10.3. The van der Waals surface area contributed by atoms with Gasteiger partial charge in [0.25, 0.3) is 0 Å². The Balaban J connectivity index is 1.43. The van der Waals surface area contributed by atoms with Gasteiger partial charge in [-0.3, -0.25) is 4.90 Å². The molecule has 2 bridgehead atoms. The van der Waals surface area contributed by atoms with Crippen LogP contribution in [0.15, 0.2) is 48.5 Å². The Kier molecular flexibility index (Phi) is 7.55. The molecule has 0 aliphatic carbocycles. The van der Waals surface area contributed by atoms with Crippen molar-refractivity contribution in [2.45, 2.75) is 82.8 Å². The third kappa shape index (κ3) is 6.52. The van der Waals surface area contributed by atoms with Gasteiger partial charge in [0.05, 0.1) is 5.56 Å². The van der Waals surface area contributed by atoms with Gasteiger partial charge in [0.2, 0.25) is 0 Å². The van der Waals surface area contributed by atoms with Crippen LogP contribution in [0.25, 0.3) is 0 Å². The number of halogens is 3. The Bertz CT molecular complexity index is 1040. The summed E-state index contributed by atoms with van der Waals surface area (Å²) >= 11 is 0. The summed E-state index contributed by atoms with van der Waals surface area (Å²) in [4.78, 5) is 17.1. The average Bonchev–Trinajstić information content (AvgIpc) is 3.02. The number of hydrogen-bond donors (Lipinski definition) is 1. The number of benzene rings is 2. The normalized spacial score (nSPS) is 22.4. The van der Waals surface area contributed by atoms with Gasteiger partial charge < -0.3 is 14.7 Å². The van der Waals surface area contributed by atoms with Crippen LogP contribution in [0, 0.1) is 0 Å². The summed E-state index contributed by atoms with van der Waals surface area (Å²) in [7, 11) is 0. The summed E-state index contributed by atoms with van der Waals surface area (Å²) in [5, 5.41) is 9.88. The first-order valence-electron chi connectivity index (χ1n) is 12.6. The first-order chi connectivity index (χ1) is 16.9. The highest BCUT2D eigenvalue weighted by atomic mass is 19.4. The molecule has 2 fully saturated rings. The van der Waals surface area contributed by atoms with E-state index in [-0.39, 0.29) is 6.54 Å². The van der Waals surface area contributed by atoms with Crippen molar-refractivity contribution in [3.05, 3.63) is 65.2 Å². The van der Waals surface area contributed by atoms with Crippen LogP contribution in [0.1, 0.15) is 69.1 Å². The number of amides is 1. The second-order valence-electron chi connectivity index (χ2n) is 11.0. The van der Waals surface area contributed by atoms with Gasteiger partial charge in [0, 0.05) is 31.7 Å². The lowest BCUT2D eigenvalue weighted by Gasteiger charge is -2.40. The lowest BCUT2D eigenvalue weighted by molar-refractivity contribution is -0.137. The van der Waals surface area contributed by atoms with E-state index in [1.54, 1.807) is 31.7 Å². The molecule has 36 heavy (non-hydrogen) atoms. The standard InChI is InChI=1S/C28H35F3N2O3/c1-27(2,3)36-26(35)32(18-19-7-9-22(10-8-19)28(29,30)31)13-14-33-23-11-12-24(33)16-21(15-23)20-5-4-6-25(34)17-20/h4-10,17,21,23-24,34H,11-16,18H2,1-3H3/t21?,23-,24+. The number of carbonyl (C=O) groups is 1. The van der Waals surface area contributed by atoms with Crippen LogP contribution in [0.2, 0.25) is 0 Å². The largest absolute Gasteiger partial charge is 0.508 e. The number of phenols is 1. The molecular formula is C28H35F3N2O3. The maximum absolute atomic E-state index is 13.0. The molecule has 196 valence electrons. The molecule has 0 radical (unpaired) electrons. The zero-order chi connectivity index (χ0) is 26.1. The molecular weight excluding hydrogens is 469 g/mol. The van der Waals surface area contributed by atoms with Gasteiger partial charge in [0.15, 0.2) is 0 Å². The minimum Gasteiger partial charge on any atom is -0.508 e. The van der Waals surface area contributed by atoms with E-state index in [2.05, 4.69) is 11.0 Å². The Labute approximate surface area is 210 Å². The number of nitrogens with zero attached hydrogens (tertiary/aromatic N) is 2. The molecule has 2 heterocycles. The highest BCUT2D eigenvalue weighted by Gasteiger charge is 2.41. The van der Waals surface area contributed by atoms with Crippen molar-refractivity contribution in [2.75, 3.05) is 13.1 Å². The summed E-state index contributed by atoms with van der Waals surface area (Å²) < 4.78 is 44.5. The van der Waals surface area contributed by atoms with E-state index in [4.69, 9.17) is 4.74 Å². The lowest BCUT2D eigenvalue weighted by atomic mass is 9.85. The number of rotatable bonds is 6. The number of piperidine rings is 1. The molecule has 0 saturated carbocycles. The molecule has 3 atom stereocenters. The fourth-order valence-corrected chi connectivity index (χ4v) is 5.51. The minimum absolute atomic E-state index is 0.183. The summed E-state index contributed by atoms with van der Waals surface area (Å²) in [5.41, 5.74) is 0.415. The predicted octanol–water partition coefficient (Wildman–Crippen LogP) is 6.56. The Morgan fingerprint density at radius 3 is 2.25 bits per heavy atom. The number of fused-ring (bicyclic) bond motifs is 2. The predicted molar refractivity (Wildman–Crippen MR) is 132 cm³/mol. The van der Waals surface area contributed by atoms with Crippen molar-refractivity contribution in [1.29, 1.82) is 0 Å². The van der Waals surface area contributed by atoms with E-state index in [1.165, 1.54) is 17.7 Å². The van der Waals surface area contributed by atoms with Gasteiger partial charge in [-0.2, -0.15) is 13.2 Å². The molecule has 2 aromatic carbocycles. The quantitative estimate of drug-likeness (QED) is 0.484. The fraction of sp³-hybridized carbons (Fsp3) is 0.536. The van der Waals surface area contributed by atoms with Crippen molar-refractivity contribution >= 4 is 6.09 Å². The van der Waals surface area contributed by atoms with Crippen LogP contribution in [-0.2, 0) is 17.5 Å². The molecule has 2 aliphatic rings. The van der Waals surface area contributed by atoms with Gasteiger partial charge in [-0.15, -0.1) is 0 Å². The SMILES string of the molecule is CC(C)(C)OC(=O)N(CCN1[C@@H]2CC[C@H]1CC(c1cccc(O)c1)C2)Cc1ccc(C(F)(F)F)cc1. The van der Waals surface area contributed by atoms with Crippen LogP contribution in [0.3, 0.4) is 0 Å². The number of phenolic OH excluding ortho intramolecular Hbond substituents is 1. The molecule has 1 N–H and O–H groups in total. The fourth-order valence-electron chi connectivity index (χ4n) is 5.51. The van der Waals surface area contributed by atoms with Gasteiger partial charge >= 0.3 is 12.3 Å². The van der Waals surface area contributed by atoms with Crippen molar-refractivity contribution in [3.8, 4) is 5.75 Å². The zero-order valence-electron chi connectivity index (χ0n) is 21.1. The summed E-state index contributed by atoms with van der Waals surface area (Å²) in [6.45, 7) is 6.69. The smallest absolute Gasteiger partial charge is 0.416 e. The molecule has 2 saturated heterocycles. The lowest BCUT2D eigenvalue weighted by Crippen LogP contribution is -2.47. The van der Waals surface area contributed by atoms with Crippen LogP contribution >= 0.6 is 0 Å². The van der Waals surface area contributed by atoms with Crippen LogP contribution in [-0.4, -0.2) is 51.8 Å². The molecule has 1 amide bonds. The zero-order valence-corrected chi connectivity index (χ0v) is 21.1. The summed E-state index contributed by atoms with van der Waals surface area (Å²) in [5.74, 6) is 0.693. The van der Waals surface area contributed by atoms with Crippen molar-refractivity contribution in [1.82, 2.24) is 9.80 Å². The highest BCUT2D eigenvalue weighted by molar-refractivity contribution is 5.68. The number of carbonyl (C=O) groups excluding carboxylic acids is 1. The van der Waals surface area contributed by atoms with E-state index < -0.39 is 23.4 Å². The number of aromatic hydroxyl groups is 1. The topological polar surface area (TPSA) is 53.0 Å². The van der Waals surface area contributed by atoms with Gasteiger partial charge in [0.1, 0.15) is 11.4 Å². The molecule has 0 spiro atoms. The molecule has 2 aromatic rings. The van der Waals surface area contributed by atoms with E-state index >= 15 is 0 Å². The summed E-state index contributed by atoms with van der Waals surface area (Å²) in [6, 6.07) is 13.3. The third-order valence-corrected chi connectivity index (χ3v) is 7.16. The van der Waals surface area contributed by atoms with E-state index in [0.717, 1.165) is 37.8 Å². The highest BCUT2D eigenvalue weighted by Crippen LogP contribution is 2.43. The molecule has 1 unspecified atom stereocenters. The molecule has 5 nitrogen and oxygen atoms in total. The Morgan fingerprint density at radius 2 is 1.69 bits per heavy atom. The van der Waals surface area contributed by atoms with Gasteiger partial charge in [-0.1, -0.05) is 24.3 Å². The molecule has 4 rings (SSSR count). The minimum atomic E-state index is -4.40. The summed E-state index contributed by atoms with van der Waals surface area (Å²) in [6.07, 6.45) is -0.648. The van der Waals surface area contributed by atoms with Crippen molar-refractivity contribution in [3.63, 3.8) is 0 Å². The van der Waals surface area contributed by atoms with Crippen molar-refractivity contribution in [2.24, 2.45) is 0 Å². The van der Waals surface area contributed by atoms with Gasteiger partial charge in [-0.25, -0.2) is 4.79 Å². The van der Waals surface area contributed by atoms with E-state index in [1.807, 2.05) is 12.1 Å². The van der Waals surface area contributed by atoms with E-state index in [0.29, 0.717) is 42.4 Å². The molecule has 8 heteroatoms. The maximum atomic E-state index is 13.0. The number of alkyl halides is 3. The number of hydrogen-bond acceptors (Lipinski definition) is 4. The van der Waals surface area contributed by atoms with Crippen LogP contribution < -0.4 is 0 Å². The Hall–Kier alpha value is -2.74. The van der Waals surface area contributed by atoms with Gasteiger partial charge in [-0.05, 0) is 87.8 Å². The molecule has 2 aliphatic heterocycles. The van der Waals surface area contributed by atoms with Crippen LogP contribution in [0.5, 0.6) is 5.75 Å². The van der Waals surface area contributed by atoms with Crippen molar-refractivity contribution < 1.29 is 27.8 Å².